The van der Waals surface area contributed by atoms with Gasteiger partial charge in [0.15, 0.2) is 0 Å². The molecule has 1 fully saturated rings. The number of rotatable bonds is 2. The molecular formula is C18H26NO+. The van der Waals surface area contributed by atoms with Crippen LogP contribution in [0.15, 0.2) is 30.9 Å². The third-order valence-corrected chi connectivity index (χ3v) is 6.21. The van der Waals surface area contributed by atoms with Crippen LogP contribution < -0.4 is 0 Å². The molecule has 1 aromatic rings. The number of nitrogens with zero attached hydrogens (tertiary/aromatic N) is 1. The Kier molecular flexibility index (Phi) is 2.98. The van der Waals surface area contributed by atoms with Gasteiger partial charge in [-0.2, -0.15) is 0 Å². The number of fused-ring (bicyclic) bond motifs is 4. The van der Waals surface area contributed by atoms with E-state index in [1.165, 1.54) is 24.1 Å². The summed E-state index contributed by atoms with van der Waals surface area (Å²) in [5.41, 5.74) is 3.02. The maximum Gasteiger partial charge on any atom is 0.115 e. The molecule has 0 radical (unpaired) electrons. The van der Waals surface area contributed by atoms with Crippen molar-refractivity contribution in [3.8, 4) is 5.75 Å². The van der Waals surface area contributed by atoms with Crippen LogP contribution >= 0.6 is 0 Å². The zero-order chi connectivity index (χ0) is 14.5. The fourth-order valence-corrected chi connectivity index (χ4v) is 4.64. The lowest BCUT2D eigenvalue weighted by atomic mass is 9.58. The van der Waals surface area contributed by atoms with Crippen molar-refractivity contribution in [3.63, 3.8) is 0 Å². The van der Waals surface area contributed by atoms with E-state index in [4.69, 9.17) is 0 Å². The minimum atomic E-state index is 0.204. The third-order valence-electron chi connectivity index (χ3n) is 6.21. The van der Waals surface area contributed by atoms with Crippen LogP contribution in [0.1, 0.15) is 31.4 Å². The van der Waals surface area contributed by atoms with E-state index in [0.29, 0.717) is 17.7 Å². The molecule has 3 rings (SSSR count). The lowest BCUT2D eigenvalue weighted by Crippen LogP contribution is -2.66. The van der Waals surface area contributed by atoms with Crippen LogP contribution in [-0.4, -0.2) is 35.8 Å². The van der Waals surface area contributed by atoms with Gasteiger partial charge in [0.1, 0.15) is 5.75 Å². The van der Waals surface area contributed by atoms with Gasteiger partial charge >= 0.3 is 0 Å². The average Bonchev–Trinajstić information content (AvgIpc) is 2.40. The average molecular weight is 272 g/mol. The molecule has 0 saturated carbocycles. The van der Waals surface area contributed by atoms with Gasteiger partial charge in [-0.3, -0.25) is 0 Å². The Bertz CT molecular complexity index is 552. The van der Waals surface area contributed by atoms with Crippen molar-refractivity contribution >= 4 is 0 Å². The number of aromatic hydroxyl groups is 1. The van der Waals surface area contributed by atoms with Crippen LogP contribution in [0.4, 0.5) is 0 Å². The Morgan fingerprint density at radius 3 is 2.95 bits per heavy atom. The molecule has 2 bridgehead atoms. The van der Waals surface area contributed by atoms with Gasteiger partial charge in [-0.05, 0) is 29.3 Å². The molecule has 1 heterocycles. The molecule has 0 spiro atoms. The van der Waals surface area contributed by atoms with Crippen LogP contribution in [-0.2, 0) is 11.8 Å². The van der Waals surface area contributed by atoms with Crippen molar-refractivity contribution in [1.29, 1.82) is 0 Å². The predicted octanol–water partition coefficient (Wildman–Crippen LogP) is 3.25. The third kappa shape index (κ3) is 1.74. The first-order chi connectivity index (χ1) is 9.40. The first kappa shape index (κ1) is 13.7. The lowest BCUT2D eigenvalue weighted by molar-refractivity contribution is -0.939. The SMILES string of the molecule is C=CC[N+]1(C)CCC2(C)c3cc(O)ccc3C[C@@H]1[C@@H]2C. The second-order valence-corrected chi connectivity index (χ2v) is 7.24. The van der Waals surface area contributed by atoms with Crippen molar-refractivity contribution in [2.75, 3.05) is 20.1 Å². The minimum Gasteiger partial charge on any atom is -0.508 e. The van der Waals surface area contributed by atoms with E-state index in [9.17, 15) is 5.11 Å². The van der Waals surface area contributed by atoms with Crippen molar-refractivity contribution in [1.82, 2.24) is 0 Å². The van der Waals surface area contributed by atoms with E-state index in [1.807, 2.05) is 12.1 Å². The van der Waals surface area contributed by atoms with Gasteiger partial charge in [-0.15, -0.1) is 0 Å². The molecule has 1 N–H and O–H groups in total. The van der Waals surface area contributed by atoms with E-state index in [2.05, 4.69) is 39.6 Å². The summed E-state index contributed by atoms with van der Waals surface area (Å²) in [5, 5.41) is 9.86. The van der Waals surface area contributed by atoms with E-state index < -0.39 is 0 Å². The van der Waals surface area contributed by atoms with Crippen molar-refractivity contribution < 1.29 is 9.59 Å². The highest BCUT2D eigenvalue weighted by atomic mass is 16.3. The summed E-state index contributed by atoms with van der Waals surface area (Å²) in [7, 11) is 2.38. The second-order valence-electron chi connectivity index (χ2n) is 7.24. The number of likely N-dealkylation sites (N-methyl/N-ethyl adjacent to an activating group) is 1. The first-order valence-corrected chi connectivity index (χ1v) is 7.68. The summed E-state index contributed by atoms with van der Waals surface area (Å²) in [6.07, 6.45) is 4.38. The number of phenols is 1. The topological polar surface area (TPSA) is 20.2 Å². The van der Waals surface area contributed by atoms with Gasteiger partial charge < -0.3 is 9.59 Å². The highest BCUT2D eigenvalue weighted by Gasteiger charge is 2.54. The summed E-state index contributed by atoms with van der Waals surface area (Å²) in [4.78, 5) is 0. The molecule has 2 aliphatic rings. The number of hydrogen-bond acceptors (Lipinski definition) is 1. The molecule has 20 heavy (non-hydrogen) atoms. The van der Waals surface area contributed by atoms with Gasteiger partial charge in [-0.25, -0.2) is 0 Å². The lowest BCUT2D eigenvalue weighted by Gasteiger charge is -2.57. The summed E-state index contributed by atoms with van der Waals surface area (Å²) < 4.78 is 1.11. The number of piperidine rings is 1. The Morgan fingerprint density at radius 2 is 2.25 bits per heavy atom. The van der Waals surface area contributed by atoms with Crippen LogP contribution in [0.2, 0.25) is 0 Å². The summed E-state index contributed by atoms with van der Waals surface area (Å²) in [6.45, 7) is 11.0. The Labute approximate surface area is 122 Å². The van der Waals surface area contributed by atoms with Crippen molar-refractivity contribution in [3.05, 3.63) is 42.0 Å². The molecular weight excluding hydrogens is 246 g/mol. The monoisotopic (exact) mass is 272 g/mol. The first-order valence-electron chi connectivity index (χ1n) is 7.68. The van der Waals surface area contributed by atoms with Crippen molar-refractivity contribution in [2.24, 2.45) is 5.92 Å². The second kappa shape index (κ2) is 4.36. The molecule has 1 aromatic carbocycles. The number of hydrogen-bond donors (Lipinski definition) is 1. The van der Waals surface area contributed by atoms with Gasteiger partial charge in [0.05, 0.1) is 26.2 Å². The Morgan fingerprint density at radius 1 is 1.50 bits per heavy atom. The zero-order valence-corrected chi connectivity index (χ0v) is 12.9. The van der Waals surface area contributed by atoms with Gasteiger partial charge in [0, 0.05) is 24.2 Å². The molecule has 2 heteroatoms. The Hall–Kier alpha value is -1.28. The molecule has 4 atom stereocenters. The van der Waals surface area contributed by atoms with E-state index in [0.717, 1.165) is 17.4 Å². The maximum atomic E-state index is 9.86. The van der Waals surface area contributed by atoms with Crippen LogP contribution in [0.3, 0.4) is 0 Å². The fourth-order valence-electron chi connectivity index (χ4n) is 4.64. The molecule has 1 saturated heterocycles. The number of phenolic OH excluding ortho intramolecular Hbond substituents is 1. The molecule has 0 amide bonds. The van der Waals surface area contributed by atoms with Gasteiger partial charge in [-0.1, -0.05) is 26.5 Å². The number of likely N-dealkylation sites (tertiary alicyclic amines) is 1. The minimum absolute atomic E-state index is 0.204. The highest BCUT2D eigenvalue weighted by molar-refractivity contribution is 5.43. The van der Waals surface area contributed by atoms with Crippen LogP contribution in [0, 0.1) is 5.92 Å². The molecule has 0 aromatic heterocycles. The van der Waals surface area contributed by atoms with Crippen LogP contribution in [0.5, 0.6) is 5.75 Å². The van der Waals surface area contributed by atoms with E-state index in [1.54, 1.807) is 0 Å². The summed E-state index contributed by atoms with van der Waals surface area (Å²) in [5.74, 6) is 1.04. The van der Waals surface area contributed by atoms with Crippen LogP contribution in [0.25, 0.3) is 0 Å². The summed E-state index contributed by atoms with van der Waals surface area (Å²) in [6, 6.07) is 6.63. The quantitative estimate of drug-likeness (QED) is 0.647. The Balaban J connectivity index is 2.10. The molecule has 108 valence electrons. The highest BCUT2D eigenvalue weighted by Crippen LogP contribution is 2.51. The number of quaternary nitrogens is 1. The molecule has 1 aliphatic heterocycles. The molecule has 2 unspecified atom stereocenters. The standard InChI is InChI=1S/C18H25NO/c1-5-9-19(4)10-8-18(3)13(2)17(19)11-14-6-7-15(20)12-16(14)18/h5-7,12-13,17H,1,8-11H2,2-4H3/p+1/t13-,17+,18?,19?/m0/s1. The smallest absolute Gasteiger partial charge is 0.115 e. The van der Waals surface area contributed by atoms with E-state index >= 15 is 0 Å². The van der Waals surface area contributed by atoms with Crippen molar-refractivity contribution in [2.45, 2.75) is 38.1 Å². The normalized spacial score (nSPS) is 39.1. The van der Waals surface area contributed by atoms with Gasteiger partial charge in [0.25, 0.3) is 0 Å². The summed E-state index contributed by atoms with van der Waals surface area (Å²) >= 11 is 0. The fraction of sp³-hybridized carbons (Fsp3) is 0.556. The number of benzene rings is 1. The zero-order valence-electron chi connectivity index (χ0n) is 12.9. The molecule has 1 aliphatic carbocycles. The van der Waals surface area contributed by atoms with E-state index in [-0.39, 0.29) is 5.41 Å². The maximum absolute atomic E-state index is 9.86. The molecule has 2 nitrogen and oxygen atoms in total. The van der Waals surface area contributed by atoms with Gasteiger partial charge in [0.2, 0.25) is 0 Å². The predicted molar refractivity (Wildman–Crippen MR) is 82.8 cm³/mol. The largest absolute Gasteiger partial charge is 0.508 e.